The normalized spacial score (nSPS) is 20.7. The van der Waals surface area contributed by atoms with Crippen molar-refractivity contribution in [3.8, 4) is 0 Å². The van der Waals surface area contributed by atoms with Gasteiger partial charge in [-0.3, -0.25) is 0 Å². The number of hydrogen-bond acceptors (Lipinski definition) is 5. The van der Waals surface area contributed by atoms with Crippen LogP contribution in [0, 0.1) is 0 Å². The van der Waals surface area contributed by atoms with Crippen LogP contribution in [0.25, 0.3) is 0 Å². The molecular weight excluding hydrogens is 262 g/mol. The molecule has 1 aromatic rings. The number of rotatable bonds is 3. The van der Waals surface area contributed by atoms with E-state index in [4.69, 9.17) is 4.98 Å². The van der Waals surface area contributed by atoms with Crippen LogP contribution < -0.4 is 10.2 Å². The minimum Gasteiger partial charge on any atom is -0.370 e. The Kier molecular flexibility index (Phi) is 4.71. The molecule has 2 heterocycles. The van der Waals surface area contributed by atoms with Gasteiger partial charge in [0.25, 0.3) is 0 Å². The Morgan fingerprint density at radius 1 is 1.29 bits per heavy atom. The fourth-order valence-corrected chi connectivity index (χ4v) is 2.67. The lowest BCUT2D eigenvalue weighted by molar-refractivity contribution is 0.274. The van der Waals surface area contributed by atoms with E-state index in [1.165, 1.54) is 0 Å². The van der Waals surface area contributed by atoms with E-state index in [1.54, 1.807) is 0 Å². The summed E-state index contributed by atoms with van der Waals surface area (Å²) in [5.74, 6) is 2.88. The van der Waals surface area contributed by atoms with Gasteiger partial charge in [0.1, 0.15) is 17.5 Å². The molecule has 1 aliphatic rings. The zero-order valence-corrected chi connectivity index (χ0v) is 14.3. The van der Waals surface area contributed by atoms with Crippen LogP contribution in [0.4, 0.5) is 11.6 Å². The lowest BCUT2D eigenvalue weighted by Gasteiger charge is -2.39. The van der Waals surface area contributed by atoms with Crippen LogP contribution in [0.15, 0.2) is 6.07 Å². The Morgan fingerprint density at radius 3 is 2.57 bits per heavy atom. The predicted octanol–water partition coefficient (Wildman–Crippen LogP) is 2.35. The summed E-state index contributed by atoms with van der Waals surface area (Å²) in [4.78, 5) is 14.3. The maximum absolute atomic E-state index is 4.84. The third kappa shape index (κ3) is 3.84. The molecule has 118 valence electrons. The standard InChI is InChI=1S/C16H29N5/c1-7-17-13-10-14(19-15(18-13)16(3,4)5)21-9-8-20(6)11-12(21)2/h10,12H,7-9,11H2,1-6H3,(H,17,18,19). The quantitative estimate of drug-likeness (QED) is 0.926. The van der Waals surface area contributed by atoms with E-state index in [2.05, 4.69) is 67.8 Å². The lowest BCUT2D eigenvalue weighted by atomic mass is 9.95. The third-order valence-electron chi connectivity index (χ3n) is 3.87. The molecule has 0 bridgehead atoms. The van der Waals surface area contributed by atoms with Crippen LogP contribution in [0.3, 0.4) is 0 Å². The van der Waals surface area contributed by atoms with Crippen LogP contribution in [-0.2, 0) is 5.41 Å². The largest absolute Gasteiger partial charge is 0.370 e. The second-order valence-electron chi connectivity index (χ2n) is 7.02. The Balaban J connectivity index is 2.35. The summed E-state index contributed by atoms with van der Waals surface area (Å²) in [5.41, 5.74) is -0.0456. The first-order valence-electron chi connectivity index (χ1n) is 7.90. The third-order valence-corrected chi connectivity index (χ3v) is 3.87. The van der Waals surface area contributed by atoms with Gasteiger partial charge in [0.05, 0.1) is 0 Å². The minimum atomic E-state index is -0.0456. The molecule has 1 saturated heterocycles. The summed E-state index contributed by atoms with van der Waals surface area (Å²) in [6.07, 6.45) is 0. The number of anilines is 2. The summed E-state index contributed by atoms with van der Waals surface area (Å²) < 4.78 is 0. The van der Waals surface area contributed by atoms with Crippen molar-refractivity contribution in [2.75, 3.05) is 43.4 Å². The molecule has 0 amide bonds. The van der Waals surface area contributed by atoms with Gasteiger partial charge in [0, 0.05) is 43.7 Å². The fraction of sp³-hybridized carbons (Fsp3) is 0.750. The summed E-state index contributed by atoms with van der Waals surface area (Å²) >= 11 is 0. The molecule has 1 unspecified atom stereocenters. The SMILES string of the molecule is CCNc1cc(N2CCN(C)CC2C)nc(C(C)(C)C)n1. The predicted molar refractivity (Wildman–Crippen MR) is 89.2 cm³/mol. The van der Waals surface area contributed by atoms with Gasteiger partial charge < -0.3 is 15.1 Å². The highest BCUT2D eigenvalue weighted by Gasteiger charge is 2.25. The van der Waals surface area contributed by atoms with Crippen LogP contribution in [0.5, 0.6) is 0 Å². The molecule has 1 atom stereocenters. The van der Waals surface area contributed by atoms with E-state index < -0.39 is 0 Å². The summed E-state index contributed by atoms with van der Waals surface area (Å²) in [7, 11) is 2.18. The van der Waals surface area contributed by atoms with Crippen LogP contribution >= 0.6 is 0 Å². The average Bonchev–Trinajstić information content (AvgIpc) is 2.37. The van der Waals surface area contributed by atoms with Crippen molar-refractivity contribution in [1.29, 1.82) is 0 Å². The first-order chi connectivity index (χ1) is 9.81. The van der Waals surface area contributed by atoms with Crippen molar-refractivity contribution in [1.82, 2.24) is 14.9 Å². The molecule has 5 nitrogen and oxygen atoms in total. The Labute approximate surface area is 128 Å². The molecule has 1 N–H and O–H groups in total. The number of likely N-dealkylation sites (N-methyl/N-ethyl adjacent to an activating group) is 1. The van der Waals surface area contributed by atoms with E-state index in [0.717, 1.165) is 43.6 Å². The van der Waals surface area contributed by atoms with Gasteiger partial charge in [-0.1, -0.05) is 20.8 Å². The fourth-order valence-electron chi connectivity index (χ4n) is 2.67. The number of nitrogens with one attached hydrogen (secondary N) is 1. The molecule has 0 saturated carbocycles. The van der Waals surface area contributed by atoms with Gasteiger partial charge in [-0.15, -0.1) is 0 Å². The second-order valence-corrected chi connectivity index (χ2v) is 7.02. The minimum absolute atomic E-state index is 0.0456. The van der Waals surface area contributed by atoms with Crippen molar-refractivity contribution in [2.45, 2.75) is 46.1 Å². The molecule has 2 rings (SSSR count). The second kappa shape index (κ2) is 6.18. The molecule has 0 aromatic carbocycles. The Hall–Kier alpha value is -1.36. The molecule has 0 spiro atoms. The smallest absolute Gasteiger partial charge is 0.138 e. The molecule has 0 aliphatic carbocycles. The highest BCUT2D eigenvalue weighted by molar-refractivity contribution is 5.51. The Bertz CT molecular complexity index is 480. The lowest BCUT2D eigenvalue weighted by Crippen LogP contribution is -2.51. The molecule has 5 heteroatoms. The maximum atomic E-state index is 4.84. The van der Waals surface area contributed by atoms with E-state index in [1.807, 2.05) is 0 Å². The first kappa shape index (κ1) is 16.0. The topological polar surface area (TPSA) is 44.3 Å². The number of aromatic nitrogens is 2. The monoisotopic (exact) mass is 291 g/mol. The average molecular weight is 291 g/mol. The van der Waals surface area contributed by atoms with Crippen molar-refractivity contribution in [2.24, 2.45) is 0 Å². The van der Waals surface area contributed by atoms with Crippen molar-refractivity contribution < 1.29 is 0 Å². The highest BCUT2D eigenvalue weighted by Crippen LogP contribution is 2.26. The van der Waals surface area contributed by atoms with Gasteiger partial charge in [-0.05, 0) is 20.9 Å². The Morgan fingerprint density at radius 2 is 2.00 bits per heavy atom. The van der Waals surface area contributed by atoms with E-state index in [0.29, 0.717) is 6.04 Å². The van der Waals surface area contributed by atoms with Gasteiger partial charge in [-0.2, -0.15) is 0 Å². The molecule has 21 heavy (non-hydrogen) atoms. The number of nitrogens with zero attached hydrogens (tertiary/aromatic N) is 4. The van der Waals surface area contributed by atoms with E-state index in [9.17, 15) is 0 Å². The summed E-state index contributed by atoms with van der Waals surface area (Å²) in [6.45, 7) is 14.9. The first-order valence-corrected chi connectivity index (χ1v) is 7.90. The molecule has 1 aliphatic heterocycles. The van der Waals surface area contributed by atoms with Crippen LogP contribution in [-0.4, -0.2) is 54.1 Å². The summed E-state index contributed by atoms with van der Waals surface area (Å²) in [5, 5.41) is 3.33. The van der Waals surface area contributed by atoms with E-state index in [-0.39, 0.29) is 5.41 Å². The number of hydrogen-bond donors (Lipinski definition) is 1. The van der Waals surface area contributed by atoms with Gasteiger partial charge >= 0.3 is 0 Å². The van der Waals surface area contributed by atoms with Gasteiger partial charge in [0.2, 0.25) is 0 Å². The van der Waals surface area contributed by atoms with Crippen molar-refractivity contribution >= 4 is 11.6 Å². The van der Waals surface area contributed by atoms with E-state index >= 15 is 0 Å². The highest BCUT2D eigenvalue weighted by atomic mass is 15.3. The molecule has 1 aromatic heterocycles. The van der Waals surface area contributed by atoms with Crippen LogP contribution in [0.1, 0.15) is 40.4 Å². The van der Waals surface area contributed by atoms with Crippen molar-refractivity contribution in [3.63, 3.8) is 0 Å². The maximum Gasteiger partial charge on any atom is 0.138 e. The van der Waals surface area contributed by atoms with Gasteiger partial charge in [0.15, 0.2) is 0 Å². The zero-order chi connectivity index (χ0) is 15.6. The summed E-state index contributed by atoms with van der Waals surface area (Å²) in [6, 6.07) is 2.56. The molecule has 1 fully saturated rings. The van der Waals surface area contributed by atoms with Crippen LogP contribution in [0.2, 0.25) is 0 Å². The van der Waals surface area contributed by atoms with Crippen molar-refractivity contribution in [3.05, 3.63) is 11.9 Å². The molecule has 0 radical (unpaired) electrons. The zero-order valence-electron chi connectivity index (χ0n) is 14.3. The van der Waals surface area contributed by atoms with Gasteiger partial charge in [-0.25, -0.2) is 9.97 Å². The molecular formula is C16H29N5. The number of piperazine rings is 1.